The number of carbonyl (C=O) groups is 2. The van der Waals surface area contributed by atoms with Crippen LogP contribution >= 0.6 is 0 Å². The standard InChI is InChI=1S/C20H22N2O3/c1-25-14-12-21-19(23)17-11-13-22(20(17)24)18-10-6-5-9-16(18)15-7-3-2-4-8-15/h2-10,17H,11-14H2,1H3,(H,21,23). The van der Waals surface area contributed by atoms with Gasteiger partial charge in [-0.05, 0) is 18.1 Å². The van der Waals surface area contributed by atoms with Crippen LogP contribution in [0.3, 0.4) is 0 Å². The Labute approximate surface area is 147 Å². The van der Waals surface area contributed by atoms with Gasteiger partial charge in [0.15, 0.2) is 0 Å². The number of hydrogen-bond acceptors (Lipinski definition) is 3. The SMILES string of the molecule is COCCNC(=O)C1CCN(c2ccccc2-c2ccccc2)C1=O. The Balaban J connectivity index is 1.80. The average molecular weight is 338 g/mol. The number of methoxy groups -OCH3 is 1. The van der Waals surface area contributed by atoms with Gasteiger partial charge in [-0.15, -0.1) is 0 Å². The molecule has 2 amide bonds. The van der Waals surface area contributed by atoms with E-state index < -0.39 is 5.92 Å². The zero-order chi connectivity index (χ0) is 17.6. The highest BCUT2D eigenvalue weighted by Crippen LogP contribution is 2.34. The second-order valence-electron chi connectivity index (χ2n) is 6.00. The van der Waals surface area contributed by atoms with Crippen molar-refractivity contribution in [1.82, 2.24) is 5.32 Å². The molecule has 5 heteroatoms. The molecule has 1 fully saturated rings. The highest BCUT2D eigenvalue weighted by molar-refractivity contribution is 6.11. The fourth-order valence-electron chi connectivity index (χ4n) is 3.13. The summed E-state index contributed by atoms with van der Waals surface area (Å²) in [4.78, 5) is 26.8. The fraction of sp³-hybridized carbons (Fsp3) is 0.300. The fourth-order valence-corrected chi connectivity index (χ4v) is 3.13. The number of rotatable bonds is 6. The summed E-state index contributed by atoms with van der Waals surface area (Å²) in [6, 6.07) is 17.8. The first-order valence-electron chi connectivity index (χ1n) is 8.45. The minimum atomic E-state index is -0.624. The smallest absolute Gasteiger partial charge is 0.239 e. The summed E-state index contributed by atoms with van der Waals surface area (Å²) in [7, 11) is 1.58. The zero-order valence-corrected chi connectivity index (χ0v) is 14.3. The molecule has 1 heterocycles. The van der Waals surface area contributed by atoms with Gasteiger partial charge >= 0.3 is 0 Å². The molecule has 0 aromatic heterocycles. The van der Waals surface area contributed by atoms with E-state index in [-0.39, 0.29) is 11.8 Å². The molecule has 2 aromatic carbocycles. The van der Waals surface area contributed by atoms with Crippen LogP contribution in [0.1, 0.15) is 6.42 Å². The summed E-state index contributed by atoms with van der Waals surface area (Å²) < 4.78 is 4.93. The number of benzene rings is 2. The molecule has 1 N–H and O–H groups in total. The average Bonchev–Trinajstić information content (AvgIpc) is 3.04. The Hall–Kier alpha value is -2.66. The molecule has 130 valence electrons. The van der Waals surface area contributed by atoms with Gasteiger partial charge in [-0.2, -0.15) is 0 Å². The summed E-state index contributed by atoms with van der Waals surface area (Å²) >= 11 is 0. The van der Waals surface area contributed by atoms with Crippen molar-refractivity contribution in [2.75, 3.05) is 31.7 Å². The van der Waals surface area contributed by atoms with E-state index in [4.69, 9.17) is 4.74 Å². The summed E-state index contributed by atoms with van der Waals surface area (Å²) in [6.45, 7) is 1.40. The quantitative estimate of drug-likeness (QED) is 0.650. The van der Waals surface area contributed by atoms with Crippen molar-refractivity contribution < 1.29 is 14.3 Å². The minimum Gasteiger partial charge on any atom is -0.383 e. The normalized spacial score (nSPS) is 16.9. The van der Waals surface area contributed by atoms with Crippen molar-refractivity contribution in [2.24, 2.45) is 5.92 Å². The van der Waals surface area contributed by atoms with Gasteiger partial charge in [0.05, 0.1) is 12.3 Å². The molecule has 5 nitrogen and oxygen atoms in total. The van der Waals surface area contributed by atoms with E-state index in [0.29, 0.717) is 26.1 Å². The molecule has 1 atom stereocenters. The van der Waals surface area contributed by atoms with E-state index in [9.17, 15) is 9.59 Å². The van der Waals surface area contributed by atoms with Crippen molar-refractivity contribution in [3.63, 3.8) is 0 Å². The van der Waals surface area contributed by atoms with Crippen molar-refractivity contribution in [1.29, 1.82) is 0 Å². The lowest BCUT2D eigenvalue weighted by Crippen LogP contribution is -2.38. The molecule has 0 bridgehead atoms. The van der Waals surface area contributed by atoms with Crippen LogP contribution in [-0.2, 0) is 14.3 Å². The van der Waals surface area contributed by atoms with Crippen LogP contribution in [0.15, 0.2) is 54.6 Å². The Morgan fingerprint density at radius 3 is 2.64 bits per heavy atom. The molecule has 1 aliphatic rings. The van der Waals surface area contributed by atoms with E-state index >= 15 is 0 Å². The van der Waals surface area contributed by atoms with E-state index in [1.807, 2.05) is 54.6 Å². The van der Waals surface area contributed by atoms with Crippen molar-refractivity contribution >= 4 is 17.5 Å². The van der Waals surface area contributed by atoms with E-state index in [1.165, 1.54) is 0 Å². The van der Waals surface area contributed by atoms with Gasteiger partial charge in [-0.25, -0.2) is 0 Å². The molecule has 1 unspecified atom stereocenters. The van der Waals surface area contributed by atoms with Crippen LogP contribution in [0.5, 0.6) is 0 Å². The monoisotopic (exact) mass is 338 g/mol. The number of ether oxygens (including phenoxy) is 1. The lowest BCUT2D eigenvalue weighted by molar-refractivity contribution is -0.132. The molecule has 3 rings (SSSR count). The lowest BCUT2D eigenvalue weighted by Gasteiger charge is -2.20. The molecule has 1 aliphatic heterocycles. The molecular weight excluding hydrogens is 316 g/mol. The van der Waals surface area contributed by atoms with Gasteiger partial charge in [0.2, 0.25) is 11.8 Å². The molecule has 0 spiro atoms. The third-order valence-corrected chi connectivity index (χ3v) is 4.41. The third kappa shape index (κ3) is 3.72. The number of carbonyl (C=O) groups excluding carboxylic acids is 2. The first-order valence-corrected chi connectivity index (χ1v) is 8.45. The third-order valence-electron chi connectivity index (χ3n) is 4.41. The van der Waals surface area contributed by atoms with Gasteiger partial charge in [-0.1, -0.05) is 48.5 Å². The summed E-state index contributed by atoms with van der Waals surface area (Å²) in [6.07, 6.45) is 0.529. The number of para-hydroxylation sites is 1. The topological polar surface area (TPSA) is 58.6 Å². The van der Waals surface area contributed by atoms with Gasteiger partial charge in [0, 0.05) is 25.8 Å². The van der Waals surface area contributed by atoms with Gasteiger partial charge in [-0.3, -0.25) is 9.59 Å². The molecular formula is C20H22N2O3. The molecule has 0 saturated carbocycles. The van der Waals surface area contributed by atoms with Crippen molar-refractivity contribution in [2.45, 2.75) is 6.42 Å². The number of nitrogens with zero attached hydrogens (tertiary/aromatic N) is 1. The summed E-state index contributed by atoms with van der Waals surface area (Å²) in [5, 5.41) is 2.76. The largest absolute Gasteiger partial charge is 0.383 e. The van der Waals surface area contributed by atoms with Crippen LogP contribution < -0.4 is 10.2 Å². The van der Waals surface area contributed by atoms with E-state index in [1.54, 1.807) is 12.0 Å². The first kappa shape index (κ1) is 17.2. The number of nitrogens with one attached hydrogen (secondary N) is 1. The predicted molar refractivity (Wildman–Crippen MR) is 97.2 cm³/mol. The Morgan fingerprint density at radius 2 is 1.88 bits per heavy atom. The maximum absolute atomic E-state index is 12.8. The first-order chi connectivity index (χ1) is 12.2. The molecule has 2 aromatic rings. The number of hydrogen-bond donors (Lipinski definition) is 1. The van der Waals surface area contributed by atoms with Crippen molar-refractivity contribution in [3.05, 3.63) is 54.6 Å². The Morgan fingerprint density at radius 1 is 1.16 bits per heavy atom. The Kier molecular flexibility index (Phi) is 5.46. The van der Waals surface area contributed by atoms with Crippen LogP contribution in [-0.4, -0.2) is 38.6 Å². The van der Waals surface area contributed by atoms with E-state index in [2.05, 4.69) is 5.32 Å². The van der Waals surface area contributed by atoms with Gasteiger partial charge < -0.3 is 15.0 Å². The lowest BCUT2D eigenvalue weighted by atomic mass is 10.0. The maximum Gasteiger partial charge on any atom is 0.239 e. The summed E-state index contributed by atoms with van der Waals surface area (Å²) in [5.41, 5.74) is 2.90. The maximum atomic E-state index is 12.8. The minimum absolute atomic E-state index is 0.140. The zero-order valence-electron chi connectivity index (χ0n) is 14.3. The van der Waals surface area contributed by atoms with Crippen LogP contribution in [0.2, 0.25) is 0 Å². The number of anilines is 1. The van der Waals surface area contributed by atoms with Crippen LogP contribution in [0.4, 0.5) is 5.69 Å². The molecule has 0 radical (unpaired) electrons. The number of amides is 2. The predicted octanol–water partition coefficient (Wildman–Crippen LogP) is 2.47. The van der Waals surface area contributed by atoms with Gasteiger partial charge in [0.25, 0.3) is 0 Å². The summed E-state index contributed by atoms with van der Waals surface area (Å²) in [5.74, 6) is -0.985. The Bertz CT molecular complexity index is 746. The second kappa shape index (κ2) is 7.94. The molecule has 1 saturated heterocycles. The van der Waals surface area contributed by atoms with E-state index in [0.717, 1.165) is 16.8 Å². The van der Waals surface area contributed by atoms with Gasteiger partial charge in [0.1, 0.15) is 5.92 Å². The van der Waals surface area contributed by atoms with Crippen molar-refractivity contribution in [3.8, 4) is 11.1 Å². The molecule has 25 heavy (non-hydrogen) atoms. The highest BCUT2D eigenvalue weighted by atomic mass is 16.5. The van der Waals surface area contributed by atoms with Crippen LogP contribution in [0, 0.1) is 5.92 Å². The highest BCUT2D eigenvalue weighted by Gasteiger charge is 2.38. The van der Waals surface area contributed by atoms with Crippen LogP contribution in [0.25, 0.3) is 11.1 Å². The molecule has 0 aliphatic carbocycles. The second-order valence-corrected chi connectivity index (χ2v) is 6.00.